The van der Waals surface area contributed by atoms with Gasteiger partial charge in [-0.1, -0.05) is 23.7 Å². The highest BCUT2D eigenvalue weighted by Crippen LogP contribution is 2.38. The number of rotatable bonds is 1. The Morgan fingerprint density at radius 2 is 1.81 bits per heavy atom. The monoisotopic (exact) mass is 267 g/mol. The van der Waals surface area contributed by atoms with Crippen LogP contribution in [0.25, 0.3) is 0 Å². The third-order valence-corrected chi connectivity index (χ3v) is 3.08. The Morgan fingerprint density at radius 3 is 2.25 bits per heavy atom. The summed E-state index contributed by atoms with van der Waals surface area (Å²) < 4.78 is 26.2. The van der Waals surface area contributed by atoms with Crippen molar-refractivity contribution in [2.75, 3.05) is 6.54 Å². The van der Waals surface area contributed by atoms with Gasteiger partial charge in [0, 0.05) is 17.0 Å². The van der Waals surface area contributed by atoms with Crippen molar-refractivity contribution < 1.29 is 8.78 Å². The van der Waals surface area contributed by atoms with Gasteiger partial charge in [-0.25, -0.2) is 8.78 Å². The highest BCUT2D eigenvalue weighted by Gasteiger charge is 2.47. The van der Waals surface area contributed by atoms with Crippen LogP contribution in [0.4, 0.5) is 8.78 Å². The number of benzene rings is 1. The minimum Gasteiger partial charge on any atom is -0.302 e. The zero-order chi connectivity index (χ0) is 11.1. The Hall–Kier alpha value is -0.380. The smallest absolute Gasteiger partial charge is 0.262 e. The summed E-state index contributed by atoms with van der Waals surface area (Å²) in [6.45, 7) is 1.53. The van der Waals surface area contributed by atoms with E-state index in [9.17, 15) is 8.78 Å². The van der Waals surface area contributed by atoms with Gasteiger partial charge in [-0.2, -0.15) is 0 Å². The molecule has 1 aromatic carbocycles. The van der Waals surface area contributed by atoms with E-state index in [4.69, 9.17) is 11.6 Å². The summed E-state index contributed by atoms with van der Waals surface area (Å²) in [4.78, 5) is 0. The highest BCUT2D eigenvalue weighted by molar-refractivity contribution is 6.30. The second-order valence-electron chi connectivity index (χ2n) is 4.23. The van der Waals surface area contributed by atoms with E-state index in [1.54, 1.807) is 31.2 Å². The van der Waals surface area contributed by atoms with Gasteiger partial charge in [0.2, 0.25) is 0 Å². The first-order valence-corrected chi connectivity index (χ1v) is 5.18. The lowest BCUT2D eigenvalue weighted by Crippen LogP contribution is -2.32. The Morgan fingerprint density at radius 1 is 1.25 bits per heavy atom. The molecule has 0 amide bonds. The van der Waals surface area contributed by atoms with Crippen LogP contribution in [-0.2, 0) is 5.54 Å². The Labute approximate surface area is 105 Å². The van der Waals surface area contributed by atoms with Crippen molar-refractivity contribution in [3.05, 3.63) is 34.9 Å². The van der Waals surface area contributed by atoms with Crippen LogP contribution in [0.3, 0.4) is 0 Å². The summed E-state index contributed by atoms with van der Waals surface area (Å²) in [6, 6.07) is 7.02. The molecule has 0 radical (unpaired) electrons. The van der Waals surface area contributed by atoms with Crippen LogP contribution in [0.2, 0.25) is 5.02 Å². The zero-order valence-electron chi connectivity index (χ0n) is 8.77. The molecule has 1 aliphatic heterocycles. The Balaban J connectivity index is 0.00000128. The normalized spacial score (nSPS) is 27.5. The second kappa shape index (κ2) is 4.47. The molecule has 90 valence electrons. The van der Waals surface area contributed by atoms with E-state index < -0.39 is 11.5 Å². The van der Waals surface area contributed by atoms with Crippen molar-refractivity contribution >= 4 is 24.0 Å². The van der Waals surface area contributed by atoms with E-state index in [1.807, 2.05) is 0 Å². The maximum absolute atomic E-state index is 13.1. The minimum absolute atomic E-state index is 0. The van der Waals surface area contributed by atoms with E-state index in [-0.39, 0.29) is 25.4 Å². The van der Waals surface area contributed by atoms with Gasteiger partial charge in [0.05, 0.1) is 6.54 Å². The van der Waals surface area contributed by atoms with Crippen LogP contribution in [0, 0.1) is 0 Å². The van der Waals surface area contributed by atoms with Crippen molar-refractivity contribution in [1.82, 2.24) is 5.32 Å². The average Bonchev–Trinajstić information content (AvgIpc) is 2.43. The maximum Gasteiger partial charge on any atom is 0.262 e. The third-order valence-electron chi connectivity index (χ3n) is 2.83. The summed E-state index contributed by atoms with van der Waals surface area (Å²) in [5.74, 6) is -2.62. The molecule has 1 saturated heterocycles. The van der Waals surface area contributed by atoms with Crippen molar-refractivity contribution in [1.29, 1.82) is 0 Å². The number of hydrogen-bond acceptors (Lipinski definition) is 1. The molecule has 0 aliphatic carbocycles. The minimum atomic E-state index is -2.62. The molecule has 0 bridgehead atoms. The van der Waals surface area contributed by atoms with Gasteiger partial charge in [0.15, 0.2) is 0 Å². The largest absolute Gasteiger partial charge is 0.302 e. The second-order valence-corrected chi connectivity index (χ2v) is 4.66. The number of alkyl halides is 2. The molecule has 0 aromatic heterocycles. The van der Waals surface area contributed by atoms with Crippen LogP contribution < -0.4 is 5.32 Å². The molecule has 2 rings (SSSR count). The molecule has 5 heteroatoms. The number of nitrogens with one attached hydrogen (secondary N) is 1. The predicted octanol–water partition coefficient (Wildman–Crippen LogP) is 3.61. The van der Waals surface area contributed by atoms with Gasteiger partial charge in [0.1, 0.15) is 0 Å². The summed E-state index contributed by atoms with van der Waals surface area (Å²) >= 11 is 5.75. The SMILES string of the molecule is CC1(c2ccc(Cl)cc2)CC(F)(F)CN1.Cl. The van der Waals surface area contributed by atoms with Crippen molar-refractivity contribution in [3.8, 4) is 0 Å². The number of hydrogen-bond donors (Lipinski definition) is 1. The molecule has 1 nitrogen and oxygen atoms in total. The molecule has 0 spiro atoms. The highest BCUT2D eigenvalue weighted by atomic mass is 35.5. The summed E-state index contributed by atoms with van der Waals surface area (Å²) in [6.07, 6.45) is -0.165. The molecule has 1 fully saturated rings. The van der Waals surface area contributed by atoms with Crippen molar-refractivity contribution in [2.45, 2.75) is 24.8 Å². The fourth-order valence-corrected chi connectivity index (χ4v) is 2.11. The molecule has 1 atom stereocenters. The number of halogens is 4. The van der Waals surface area contributed by atoms with E-state index in [0.717, 1.165) is 5.56 Å². The first-order valence-electron chi connectivity index (χ1n) is 4.80. The molecule has 0 saturated carbocycles. The molecule has 1 unspecified atom stereocenters. The average molecular weight is 268 g/mol. The molecule has 16 heavy (non-hydrogen) atoms. The van der Waals surface area contributed by atoms with Crippen LogP contribution in [-0.4, -0.2) is 12.5 Å². The predicted molar refractivity (Wildman–Crippen MR) is 63.6 cm³/mol. The quantitative estimate of drug-likeness (QED) is 0.820. The molecular weight excluding hydrogens is 255 g/mol. The zero-order valence-corrected chi connectivity index (χ0v) is 10.3. The lowest BCUT2D eigenvalue weighted by molar-refractivity contribution is 0.0165. The van der Waals surface area contributed by atoms with Crippen LogP contribution >= 0.6 is 24.0 Å². The van der Waals surface area contributed by atoms with Gasteiger partial charge in [-0.3, -0.25) is 0 Å². The van der Waals surface area contributed by atoms with E-state index in [1.165, 1.54) is 0 Å². The van der Waals surface area contributed by atoms with Crippen molar-refractivity contribution in [3.63, 3.8) is 0 Å². The van der Waals surface area contributed by atoms with Gasteiger partial charge in [-0.05, 0) is 24.6 Å². The lowest BCUT2D eigenvalue weighted by Gasteiger charge is -2.24. The molecule has 1 aliphatic rings. The molecule has 1 heterocycles. The lowest BCUT2D eigenvalue weighted by atomic mass is 9.90. The summed E-state index contributed by atoms with van der Waals surface area (Å²) in [7, 11) is 0. The first-order chi connectivity index (χ1) is 6.91. The molecule has 1 N–H and O–H groups in total. The van der Waals surface area contributed by atoms with Crippen LogP contribution in [0.1, 0.15) is 18.9 Å². The van der Waals surface area contributed by atoms with E-state index in [0.29, 0.717) is 5.02 Å². The van der Waals surface area contributed by atoms with Gasteiger partial charge in [0.25, 0.3) is 5.92 Å². The molecule has 1 aromatic rings. The van der Waals surface area contributed by atoms with Crippen molar-refractivity contribution in [2.24, 2.45) is 0 Å². The fraction of sp³-hybridized carbons (Fsp3) is 0.455. The Kier molecular flexibility index (Phi) is 3.83. The fourth-order valence-electron chi connectivity index (χ4n) is 1.99. The van der Waals surface area contributed by atoms with Crippen LogP contribution in [0.15, 0.2) is 24.3 Å². The topological polar surface area (TPSA) is 12.0 Å². The Bertz CT molecular complexity index is 367. The van der Waals surface area contributed by atoms with E-state index in [2.05, 4.69) is 5.32 Å². The van der Waals surface area contributed by atoms with Crippen LogP contribution in [0.5, 0.6) is 0 Å². The summed E-state index contributed by atoms with van der Waals surface area (Å²) in [5, 5.41) is 3.48. The van der Waals surface area contributed by atoms with Gasteiger partial charge < -0.3 is 5.32 Å². The standard InChI is InChI=1S/C11H12ClF2N.ClH/c1-10(6-11(13,14)7-15-10)8-2-4-9(12)5-3-8;/h2-5,15H,6-7H2,1H3;1H. The van der Waals surface area contributed by atoms with Gasteiger partial charge in [-0.15, -0.1) is 12.4 Å². The van der Waals surface area contributed by atoms with Gasteiger partial charge >= 0.3 is 0 Å². The summed E-state index contributed by atoms with van der Waals surface area (Å²) in [5.41, 5.74) is 0.206. The third kappa shape index (κ3) is 2.65. The maximum atomic E-state index is 13.1. The molecular formula is C11H13Cl2F2N. The first kappa shape index (κ1) is 13.7. The van der Waals surface area contributed by atoms with E-state index >= 15 is 0 Å².